The lowest BCUT2D eigenvalue weighted by atomic mass is 9.88. The molecule has 0 saturated carbocycles. The highest BCUT2D eigenvalue weighted by Gasteiger charge is 2.55. The largest absolute Gasteiger partial charge is 0.496 e. The van der Waals surface area contributed by atoms with Crippen molar-refractivity contribution >= 4 is 35.1 Å². The Morgan fingerprint density at radius 3 is 2.34 bits per heavy atom. The van der Waals surface area contributed by atoms with Crippen LogP contribution in [0.3, 0.4) is 0 Å². The SMILES string of the molecule is COc1ccc(Cl)cc1C1(F)C(=O)N(COC(=O)C(C(=O)O)C(C)C)c2cc(C(F)(F)F)ccc21. The summed E-state index contributed by atoms with van der Waals surface area (Å²) in [6.07, 6.45) is -4.82. The predicted molar refractivity (Wildman–Crippen MR) is 116 cm³/mol. The summed E-state index contributed by atoms with van der Waals surface area (Å²) in [5, 5.41) is 9.30. The number of anilines is 1. The van der Waals surface area contributed by atoms with Gasteiger partial charge in [-0.1, -0.05) is 31.5 Å². The van der Waals surface area contributed by atoms with Gasteiger partial charge < -0.3 is 14.6 Å². The number of fused-ring (bicyclic) bond motifs is 1. The number of hydrogen-bond acceptors (Lipinski definition) is 5. The van der Waals surface area contributed by atoms with E-state index >= 15 is 4.39 Å². The second-order valence-corrected chi connectivity index (χ2v) is 8.55. The van der Waals surface area contributed by atoms with Gasteiger partial charge in [-0.3, -0.25) is 19.3 Å². The second-order valence-electron chi connectivity index (χ2n) is 8.12. The number of carbonyl (C=O) groups excluding carboxylic acids is 2. The minimum atomic E-state index is -4.82. The summed E-state index contributed by atoms with van der Waals surface area (Å²) in [5.74, 6) is -6.46. The third-order valence-electron chi connectivity index (χ3n) is 5.58. The lowest BCUT2D eigenvalue weighted by Gasteiger charge is -2.24. The van der Waals surface area contributed by atoms with E-state index in [9.17, 15) is 32.7 Å². The molecule has 1 heterocycles. The van der Waals surface area contributed by atoms with Crippen LogP contribution in [-0.4, -0.2) is 36.8 Å². The van der Waals surface area contributed by atoms with Crippen molar-refractivity contribution in [2.45, 2.75) is 25.7 Å². The molecule has 1 aliphatic rings. The van der Waals surface area contributed by atoms with Gasteiger partial charge in [0.05, 0.1) is 18.4 Å². The van der Waals surface area contributed by atoms with Crippen molar-refractivity contribution in [1.29, 1.82) is 0 Å². The first-order valence-electron chi connectivity index (χ1n) is 10.2. The number of alkyl halides is 4. The maximum absolute atomic E-state index is 16.6. The molecule has 0 fully saturated rings. The number of esters is 1. The summed E-state index contributed by atoms with van der Waals surface area (Å²) >= 11 is 5.99. The zero-order valence-electron chi connectivity index (χ0n) is 18.7. The predicted octanol–water partition coefficient (Wildman–Crippen LogP) is 4.78. The first kappa shape index (κ1) is 26.3. The molecule has 35 heavy (non-hydrogen) atoms. The van der Waals surface area contributed by atoms with Crippen molar-refractivity contribution in [3.05, 3.63) is 58.1 Å². The monoisotopic (exact) mass is 517 g/mol. The van der Waals surface area contributed by atoms with Crippen molar-refractivity contribution in [2.24, 2.45) is 11.8 Å². The smallest absolute Gasteiger partial charge is 0.416 e. The van der Waals surface area contributed by atoms with Crippen molar-refractivity contribution in [2.75, 3.05) is 18.7 Å². The molecule has 1 aliphatic heterocycles. The quantitative estimate of drug-likeness (QED) is 0.323. The van der Waals surface area contributed by atoms with Crippen LogP contribution in [0.4, 0.5) is 23.2 Å². The first-order chi connectivity index (χ1) is 16.2. The summed E-state index contributed by atoms with van der Waals surface area (Å²) < 4.78 is 66.9. The molecule has 0 radical (unpaired) electrons. The molecule has 0 spiro atoms. The van der Waals surface area contributed by atoms with Crippen molar-refractivity contribution < 1.29 is 46.5 Å². The molecule has 2 unspecified atom stereocenters. The standard InChI is InChI=1S/C23H20ClF4NO6/c1-11(2)18(19(30)31)20(32)35-10-29-16-8-12(23(26,27)28)4-6-14(16)22(25,21(29)33)15-9-13(24)5-7-17(15)34-3/h4-9,11,18H,10H2,1-3H3,(H,30,31). The Hall–Kier alpha value is -3.34. The molecule has 188 valence electrons. The Labute approximate surface area is 202 Å². The van der Waals surface area contributed by atoms with Crippen LogP contribution in [0.1, 0.15) is 30.5 Å². The van der Waals surface area contributed by atoms with Crippen LogP contribution in [-0.2, 0) is 31.0 Å². The number of halogens is 5. The topological polar surface area (TPSA) is 93.1 Å². The normalized spacial score (nSPS) is 18.4. The third kappa shape index (κ3) is 4.64. The van der Waals surface area contributed by atoms with E-state index < -0.39 is 65.1 Å². The molecule has 1 amide bonds. The zero-order chi connectivity index (χ0) is 26.3. The summed E-state index contributed by atoms with van der Waals surface area (Å²) in [6, 6.07) is 5.75. The van der Waals surface area contributed by atoms with E-state index in [0.29, 0.717) is 17.0 Å². The lowest BCUT2D eigenvalue weighted by molar-refractivity contribution is -0.161. The van der Waals surface area contributed by atoms with Crippen LogP contribution in [0.15, 0.2) is 36.4 Å². The highest BCUT2D eigenvalue weighted by atomic mass is 35.5. The van der Waals surface area contributed by atoms with Crippen molar-refractivity contribution in [1.82, 2.24) is 0 Å². The number of ether oxygens (including phenoxy) is 2. The minimum Gasteiger partial charge on any atom is -0.496 e. The number of aliphatic carboxylic acids is 1. The second kappa shape index (κ2) is 9.37. The average molecular weight is 518 g/mol. The van der Waals surface area contributed by atoms with E-state index in [1.54, 1.807) is 0 Å². The van der Waals surface area contributed by atoms with Gasteiger partial charge in [0, 0.05) is 16.1 Å². The molecular formula is C23H20ClF4NO6. The van der Waals surface area contributed by atoms with E-state index in [-0.39, 0.29) is 16.3 Å². The van der Waals surface area contributed by atoms with Crippen LogP contribution >= 0.6 is 11.6 Å². The van der Waals surface area contributed by atoms with Gasteiger partial charge in [0.1, 0.15) is 5.75 Å². The van der Waals surface area contributed by atoms with Gasteiger partial charge in [0.25, 0.3) is 5.91 Å². The van der Waals surface area contributed by atoms with Crippen LogP contribution in [0.5, 0.6) is 5.75 Å². The highest BCUT2D eigenvalue weighted by molar-refractivity contribution is 6.30. The van der Waals surface area contributed by atoms with Crippen molar-refractivity contribution in [3.8, 4) is 5.75 Å². The Bertz CT molecular complexity index is 1190. The van der Waals surface area contributed by atoms with Gasteiger partial charge in [-0.15, -0.1) is 0 Å². The summed E-state index contributed by atoms with van der Waals surface area (Å²) in [4.78, 5) is 37.6. The zero-order valence-corrected chi connectivity index (χ0v) is 19.4. The van der Waals surface area contributed by atoms with Gasteiger partial charge in [-0.25, -0.2) is 4.39 Å². The molecule has 0 aliphatic carbocycles. The van der Waals surface area contributed by atoms with E-state index in [4.69, 9.17) is 21.1 Å². The Morgan fingerprint density at radius 1 is 1.14 bits per heavy atom. The number of carboxylic acid groups (broad SMARTS) is 1. The molecule has 0 bridgehead atoms. The van der Waals surface area contributed by atoms with Crippen LogP contribution in [0, 0.1) is 11.8 Å². The molecule has 2 aromatic carbocycles. The van der Waals surface area contributed by atoms with E-state index in [2.05, 4.69) is 0 Å². The third-order valence-corrected chi connectivity index (χ3v) is 5.82. The molecule has 3 rings (SSSR count). The molecule has 12 heteroatoms. The van der Waals surface area contributed by atoms with E-state index in [1.807, 2.05) is 0 Å². The van der Waals surface area contributed by atoms with E-state index in [0.717, 1.165) is 12.1 Å². The van der Waals surface area contributed by atoms with Crippen molar-refractivity contribution in [3.63, 3.8) is 0 Å². The van der Waals surface area contributed by atoms with Crippen LogP contribution in [0.2, 0.25) is 5.02 Å². The van der Waals surface area contributed by atoms with Gasteiger partial charge >= 0.3 is 18.1 Å². The van der Waals surface area contributed by atoms with Crippen LogP contribution in [0.25, 0.3) is 0 Å². The Morgan fingerprint density at radius 2 is 1.80 bits per heavy atom. The maximum Gasteiger partial charge on any atom is 0.416 e. The minimum absolute atomic E-state index is 0.0326. The van der Waals surface area contributed by atoms with Crippen LogP contribution < -0.4 is 9.64 Å². The van der Waals surface area contributed by atoms with Gasteiger partial charge in [-0.2, -0.15) is 13.2 Å². The fourth-order valence-electron chi connectivity index (χ4n) is 3.85. The first-order valence-corrected chi connectivity index (χ1v) is 10.6. The number of rotatable bonds is 7. The fourth-order valence-corrected chi connectivity index (χ4v) is 4.02. The molecule has 0 saturated heterocycles. The Kier molecular flexibility index (Phi) is 7.03. The summed E-state index contributed by atoms with van der Waals surface area (Å²) in [5.41, 5.74) is -5.53. The van der Waals surface area contributed by atoms with Gasteiger partial charge in [0.15, 0.2) is 12.6 Å². The average Bonchev–Trinajstić information content (AvgIpc) is 2.98. The molecule has 7 nitrogen and oxygen atoms in total. The molecule has 0 aromatic heterocycles. The number of benzene rings is 2. The lowest BCUT2D eigenvalue weighted by Crippen LogP contribution is -2.41. The Balaban J connectivity index is 2.12. The number of carbonyl (C=O) groups is 3. The van der Waals surface area contributed by atoms with E-state index in [1.165, 1.54) is 33.1 Å². The number of nitrogens with zero attached hydrogens (tertiary/aromatic N) is 1. The number of amides is 1. The summed E-state index contributed by atoms with van der Waals surface area (Å²) in [7, 11) is 1.21. The van der Waals surface area contributed by atoms with Gasteiger partial charge in [0.2, 0.25) is 5.67 Å². The molecule has 2 atom stereocenters. The molecule has 1 N–H and O–H groups in total. The fraction of sp³-hybridized carbons (Fsp3) is 0.348. The number of methoxy groups -OCH3 is 1. The number of hydrogen-bond donors (Lipinski definition) is 1. The number of carboxylic acids is 1. The molecular weight excluding hydrogens is 498 g/mol. The van der Waals surface area contributed by atoms with Gasteiger partial charge in [-0.05, 0) is 36.2 Å². The summed E-state index contributed by atoms with van der Waals surface area (Å²) in [6.45, 7) is 1.88. The highest BCUT2D eigenvalue weighted by Crippen LogP contribution is 2.51. The maximum atomic E-state index is 16.6. The molecule has 2 aromatic rings.